The standard InChI is InChI=1S/C16H20N4O3.ClH/c21-14-7-11(12-3-1-2-4-13(12)19-14)8-18-15(22)10-20-6-5-17-9-16(20)23;/h1-4,11,17H,5-10H2,(H,18,22)(H,19,21);1H. The molecular weight excluding hydrogens is 332 g/mol. The number of carbonyl (C=O) groups is 3. The van der Waals surface area contributed by atoms with Gasteiger partial charge in [0.1, 0.15) is 0 Å². The van der Waals surface area contributed by atoms with Gasteiger partial charge in [-0.2, -0.15) is 0 Å². The van der Waals surface area contributed by atoms with E-state index in [1.54, 1.807) is 4.90 Å². The van der Waals surface area contributed by atoms with Crippen LogP contribution in [0.1, 0.15) is 17.9 Å². The molecular formula is C16H21ClN4O3. The molecule has 3 amide bonds. The lowest BCUT2D eigenvalue weighted by Gasteiger charge is -2.28. The Balaban J connectivity index is 0.00000208. The van der Waals surface area contributed by atoms with Gasteiger partial charge in [0.2, 0.25) is 17.7 Å². The van der Waals surface area contributed by atoms with Crippen LogP contribution in [0.4, 0.5) is 5.69 Å². The number of rotatable bonds is 4. The Hall–Kier alpha value is -2.12. The summed E-state index contributed by atoms with van der Waals surface area (Å²) in [5.41, 5.74) is 1.84. The van der Waals surface area contributed by atoms with Crippen molar-refractivity contribution in [2.24, 2.45) is 0 Å². The van der Waals surface area contributed by atoms with E-state index >= 15 is 0 Å². The number of anilines is 1. The molecule has 0 aromatic heterocycles. The minimum atomic E-state index is -0.191. The van der Waals surface area contributed by atoms with Crippen LogP contribution in [-0.2, 0) is 14.4 Å². The second-order valence-electron chi connectivity index (χ2n) is 5.83. The molecule has 2 heterocycles. The summed E-state index contributed by atoms with van der Waals surface area (Å²) in [5.74, 6) is -0.333. The van der Waals surface area contributed by atoms with Crippen LogP contribution in [0, 0.1) is 0 Å². The number of benzene rings is 1. The van der Waals surface area contributed by atoms with Gasteiger partial charge in [0.25, 0.3) is 0 Å². The Morgan fingerprint density at radius 2 is 2.08 bits per heavy atom. The molecule has 0 radical (unpaired) electrons. The van der Waals surface area contributed by atoms with Crippen molar-refractivity contribution in [2.75, 3.05) is 38.0 Å². The number of piperazine rings is 1. The maximum Gasteiger partial charge on any atom is 0.239 e. The van der Waals surface area contributed by atoms with Crippen LogP contribution in [0.15, 0.2) is 24.3 Å². The van der Waals surface area contributed by atoms with E-state index in [2.05, 4.69) is 16.0 Å². The first-order valence-electron chi connectivity index (χ1n) is 7.77. The van der Waals surface area contributed by atoms with Crippen LogP contribution >= 0.6 is 12.4 Å². The van der Waals surface area contributed by atoms with E-state index in [0.29, 0.717) is 26.1 Å². The number of nitrogens with zero attached hydrogens (tertiary/aromatic N) is 1. The van der Waals surface area contributed by atoms with Crippen LogP contribution in [0.5, 0.6) is 0 Å². The molecule has 2 aliphatic rings. The van der Waals surface area contributed by atoms with Gasteiger partial charge in [-0.3, -0.25) is 14.4 Å². The van der Waals surface area contributed by atoms with Gasteiger partial charge in [0.15, 0.2) is 0 Å². The van der Waals surface area contributed by atoms with Gasteiger partial charge in [-0.15, -0.1) is 12.4 Å². The third-order valence-corrected chi connectivity index (χ3v) is 4.17. The zero-order valence-corrected chi connectivity index (χ0v) is 14.0. The molecule has 1 atom stereocenters. The average molecular weight is 353 g/mol. The van der Waals surface area contributed by atoms with Crippen molar-refractivity contribution in [3.8, 4) is 0 Å². The van der Waals surface area contributed by atoms with E-state index < -0.39 is 0 Å². The first-order chi connectivity index (χ1) is 11.1. The molecule has 130 valence electrons. The normalized spacial score (nSPS) is 19.8. The zero-order chi connectivity index (χ0) is 16.2. The summed E-state index contributed by atoms with van der Waals surface area (Å²) < 4.78 is 0. The molecule has 1 unspecified atom stereocenters. The molecule has 1 aromatic carbocycles. The number of nitrogens with one attached hydrogen (secondary N) is 3. The molecule has 0 spiro atoms. The molecule has 0 bridgehead atoms. The summed E-state index contributed by atoms with van der Waals surface area (Å²) in [6, 6.07) is 7.62. The van der Waals surface area contributed by atoms with Crippen molar-refractivity contribution in [3.05, 3.63) is 29.8 Å². The van der Waals surface area contributed by atoms with Crippen LogP contribution < -0.4 is 16.0 Å². The molecule has 1 fully saturated rings. The molecule has 24 heavy (non-hydrogen) atoms. The van der Waals surface area contributed by atoms with Crippen molar-refractivity contribution in [1.29, 1.82) is 0 Å². The summed E-state index contributed by atoms with van der Waals surface area (Å²) in [6.45, 7) is 1.99. The summed E-state index contributed by atoms with van der Waals surface area (Å²) in [4.78, 5) is 37.0. The highest BCUT2D eigenvalue weighted by molar-refractivity contribution is 5.95. The van der Waals surface area contributed by atoms with Crippen molar-refractivity contribution < 1.29 is 14.4 Å². The smallest absolute Gasteiger partial charge is 0.239 e. The highest BCUT2D eigenvalue weighted by Gasteiger charge is 2.26. The number of para-hydroxylation sites is 1. The van der Waals surface area contributed by atoms with Crippen LogP contribution in [0.25, 0.3) is 0 Å². The fourth-order valence-corrected chi connectivity index (χ4v) is 2.96. The first kappa shape index (κ1) is 18.2. The number of fused-ring (bicyclic) bond motifs is 1. The molecule has 1 aromatic rings. The minimum Gasteiger partial charge on any atom is -0.354 e. The third kappa shape index (κ3) is 4.24. The molecule has 1 saturated heterocycles. The van der Waals surface area contributed by atoms with E-state index in [1.165, 1.54) is 0 Å². The zero-order valence-electron chi connectivity index (χ0n) is 13.2. The Kier molecular flexibility index (Phi) is 6.16. The van der Waals surface area contributed by atoms with Gasteiger partial charge in [-0.05, 0) is 11.6 Å². The quantitative estimate of drug-likeness (QED) is 0.716. The maximum atomic E-state index is 12.1. The summed E-state index contributed by atoms with van der Waals surface area (Å²) in [7, 11) is 0. The van der Waals surface area contributed by atoms with E-state index in [1.807, 2.05) is 24.3 Å². The molecule has 0 saturated carbocycles. The van der Waals surface area contributed by atoms with Crippen molar-refractivity contribution in [2.45, 2.75) is 12.3 Å². The van der Waals surface area contributed by atoms with Gasteiger partial charge < -0.3 is 20.9 Å². The minimum absolute atomic E-state index is 0. The predicted octanol–water partition coefficient (Wildman–Crippen LogP) is 0.0822. The molecule has 2 aliphatic heterocycles. The van der Waals surface area contributed by atoms with E-state index in [0.717, 1.165) is 11.3 Å². The Morgan fingerprint density at radius 3 is 2.88 bits per heavy atom. The van der Waals surface area contributed by atoms with Crippen LogP contribution in [0.3, 0.4) is 0 Å². The molecule has 7 nitrogen and oxygen atoms in total. The number of hydrogen-bond acceptors (Lipinski definition) is 4. The number of amides is 3. The molecule has 0 aliphatic carbocycles. The van der Waals surface area contributed by atoms with Gasteiger partial charge in [-0.25, -0.2) is 0 Å². The summed E-state index contributed by atoms with van der Waals surface area (Å²) in [6.07, 6.45) is 0.351. The predicted molar refractivity (Wildman–Crippen MR) is 92.1 cm³/mol. The highest BCUT2D eigenvalue weighted by atomic mass is 35.5. The molecule has 3 N–H and O–H groups in total. The fraction of sp³-hybridized carbons (Fsp3) is 0.438. The van der Waals surface area contributed by atoms with Gasteiger partial charge >= 0.3 is 0 Å². The Morgan fingerprint density at radius 1 is 1.29 bits per heavy atom. The number of carbonyl (C=O) groups excluding carboxylic acids is 3. The van der Waals surface area contributed by atoms with E-state index in [-0.39, 0.29) is 49.1 Å². The molecule has 8 heteroatoms. The summed E-state index contributed by atoms with van der Waals surface area (Å²) >= 11 is 0. The second-order valence-corrected chi connectivity index (χ2v) is 5.83. The van der Waals surface area contributed by atoms with E-state index in [4.69, 9.17) is 0 Å². The van der Waals surface area contributed by atoms with Crippen molar-refractivity contribution in [1.82, 2.24) is 15.5 Å². The van der Waals surface area contributed by atoms with Crippen molar-refractivity contribution in [3.63, 3.8) is 0 Å². The number of hydrogen-bond donors (Lipinski definition) is 3. The van der Waals surface area contributed by atoms with Crippen molar-refractivity contribution >= 4 is 35.8 Å². The number of halogens is 1. The maximum absolute atomic E-state index is 12.1. The van der Waals surface area contributed by atoms with Crippen LogP contribution in [-0.4, -0.2) is 55.3 Å². The highest BCUT2D eigenvalue weighted by Crippen LogP contribution is 2.31. The van der Waals surface area contributed by atoms with Gasteiger partial charge in [0.05, 0.1) is 13.1 Å². The molecule has 3 rings (SSSR count). The second kappa shape index (κ2) is 8.12. The van der Waals surface area contributed by atoms with Crippen LogP contribution in [0.2, 0.25) is 0 Å². The third-order valence-electron chi connectivity index (χ3n) is 4.17. The monoisotopic (exact) mass is 352 g/mol. The summed E-state index contributed by atoms with van der Waals surface area (Å²) in [5, 5.41) is 8.66. The fourth-order valence-electron chi connectivity index (χ4n) is 2.96. The largest absolute Gasteiger partial charge is 0.354 e. The Labute approximate surface area is 146 Å². The lowest BCUT2D eigenvalue weighted by Crippen LogP contribution is -2.51. The van der Waals surface area contributed by atoms with E-state index in [9.17, 15) is 14.4 Å². The first-order valence-corrected chi connectivity index (χ1v) is 7.77. The lowest BCUT2D eigenvalue weighted by atomic mass is 9.90. The average Bonchev–Trinajstić information content (AvgIpc) is 2.54. The SMILES string of the molecule is Cl.O=C(CN1CCNCC1=O)NCC1CC(=O)Nc2ccccc21. The topological polar surface area (TPSA) is 90.5 Å². The van der Waals surface area contributed by atoms with Gasteiger partial charge in [-0.1, -0.05) is 18.2 Å². The Bertz CT molecular complexity index is 638. The lowest BCUT2D eigenvalue weighted by molar-refractivity contribution is -0.136. The van der Waals surface area contributed by atoms with Gasteiger partial charge in [0, 0.05) is 37.7 Å².